The average Bonchev–Trinajstić information content (AvgIpc) is 2.97. The number of furan rings is 1. The molecule has 0 aliphatic carbocycles. The van der Waals surface area contributed by atoms with Crippen LogP contribution in [0.2, 0.25) is 0 Å². The van der Waals surface area contributed by atoms with Crippen LogP contribution in [-0.2, 0) is 19.6 Å². The number of carbonyl (C=O) groups excluding carboxylic acids is 1. The van der Waals surface area contributed by atoms with Crippen LogP contribution in [0.3, 0.4) is 0 Å². The summed E-state index contributed by atoms with van der Waals surface area (Å²) < 4.78 is 36.1. The summed E-state index contributed by atoms with van der Waals surface area (Å²) in [6.07, 6.45) is 4.60. The first-order valence-electron chi connectivity index (χ1n) is 6.82. The lowest BCUT2D eigenvalue weighted by molar-refractivity contribution is -0.115. The predicted octanol–water partition coefficient (Wildman–Crippen LogP) is 1.20. The number of hydrogen-bond acceptors (Lipinski definition) is 6. The number of amides is 1. The third-order valence-corrected chi connectivity index (χ3v) is 4.43. The van der Waals surface area contributed by atoms with E-state index in [2.05, 4.69) is 0 Å². The molecule has 0 bridgehead atoms. The number of rotatable bonds is 5. The predicted molar refractivity (Wildman–Crippen MR) is 77.8 cm³/mol. The summed E-state index contributed by atoms with van der Waals surface area (Å²) in [5.41, 5.74) is -0.344. The maximum atomic E-state index is 12.0. The number of hydrogen-bond donors (Lipinski definition) is 1. The molecule has 1 N–H and O–H groups in total. The van der Waals surface area contributed by atoms with E-state index in [9.17, 15) is 13.2 Å². The Hall–Kier alpha value is -2.11. The largest absolute Gasteiger partial charge is 0.465 e. The molecule has 0 saturated carbocycles. The van der Waals surface area contributed by atoms with Crippen LogP contribution in [0.5, 0.6) is 0 Å². The number of nitrogens with zero attached hydrogens (tertiary/aromatic N) is 1. The Balaban J connectivity index is 2.01. The monoisotopic (exact) mass is 324 g/mol. The highest BCUT2D eigenvalue weighted by Crippen LogP contribution is 2.14. The van der Waals surface area contributed by atoms with E-state index in [1.165, 1.54) is 12.3 Å². The molecule has 118 valence electrons. The summed E-state index contributed by atoms with van der Waals surface area (Å²) >= 11 is 0. The van der Waals surface area contributed by atoms with Crippen LogP contribution in [0.1, 0.15) is 25.0 Å². The quantitative estimate of drug-likeness (QED) is 0.644. The second-order valence-corrected chi connectivity index (χ2v) is 6.65. The lowest BCUT2D eigenvalue weighted by Gasteiger charge is -2.22. The average molecular weight is 324 g/mol. The third kappa shape index (κ3) is 4.72. The molecule has 1 atom stereocenters. The molecule has 1 unspecified atom stereocenters. The summed E-state index contributed by atoms with van der Waals surface area (Å²) in [6, 6.07) is 4.80. The summed E-state index contributed by atoms with van der Waals surface area (Å²) in [6.45, 7) is 0.524. The van der Waals surface area contributed by atoms with E-state index in [1.54, 1.807) is 18.2 Å². The highest BCUT2D eigenvalue weighted by Gasteiger charge is 2.25. The fourth-order valence-corrected chi connectivity index (χ4v) is 3.31. The molecule has 1 aromatic heterocycles. The van der Waals surface area contributed by atoms with Crippen LogP contribution < -0.4 is 4.72 Å². The first kappa shape index (κ1) is 16.3. The minimum absolute atomic E-state index is 0.291. The zero-order valence-electron chi connectivity index (χ0n) is 11.8. The van der Waals surface area contributed by atoms with Gasteiger partial charge in [-0.25, -0.2) is 13.1 Å². The van der Waals surface area contributed by atoms with Gasteiger partial charge in [-0.05, 0) is 31.4 Å². The third-order valence-electron chi connectivity index (χ3n) is 3.12. The minimum atomic E-state index is -3.86. The van der Waals surface area contributed by atoms with Gasteiger partial charge in [0.2, 0.25) is 10.0 Å². The molecule has 0 aromatic carbocycles. The van der Waals surface area contributed by atoms with E-state index in [-0.39, 0.29) is 11.3 Å². The maximum Gasteiger partial charge on any atom is 0.275 e. The second kappa shape index (κ2) is 7.24. The molecule has 8 heteroatoms. The molecule has 1 aromatic rings. The van der Waals surface area contributed by atoms with Gasteiger partial charge in [-0.2, -0.15) is 5.26 Å². The van der Waals surface area contributed by atoms with Crippen molar-refractivity contribution in [2.75, 3.05) is 12.4 Å². The molecule has 1 fully saturated rings. The zero-order chi connectivity index (χ0) is 16.0. The van der Waals surface area contributed by atoms with Crippen molar-refractivity contribution in [2.24, 2.45) is 0 Å². The molecular weight excluding hydrogens is 308 g/mol. The topological polar surface area (TPSA) is 109 Å². The van der Waals surface area contributed by atoms with E-state index in [1.807, 2.05) is 4.72 Å². The molecular formula is C14H16N2O5S. The Morgan fingerprint density at radius 1 is 1.50 bits per heavy atom. The van der Waals surface area contributed by atoms with Crippen molar-refractivity contribution < 1.29 is 22.4 Å². The SMILES string of the molecule is N#CC(=Cc1ccco1)C(=O)NS(=O)(=O)CC1CCCCO1. The number of ether oxygens (including phenoxy) is 1. The van der Waals surface area contributed by atoms with Crippen molar-refractivity contribution >= 4 is 22.0 Å². The van der Waals surface area contributed by atoms with Gasteiger partial charge in [0.05, 0.1) is 18.1 Å². The van der Waals surface area contributed by atoms with Crippen molar-refractivity contribution in [2.45, 2.75) is 25.4 Å². The number of nitriles is 1. The molecule has 22 heavy (non-hydrogen) atoms. The van der Waals surface area contributed by atoms with Gasteiger partial charge in [0.1, 0.15) is 17.4 Å². The molecule has 7 nitrogen and oxygen atoms in total. The van der Waals surface area contributed by atoms with E-state index in [4.69, 9.17) is 14.4 Å². The van der Waals surface area contributed by atoms with Gasteiger partial charge in [0.15, 0.2) is 0 Å². The van der Waals surface area contributed by atoms with Crippen LogP contribution in [0.25, 0.3) is 6.08 Å². The van der Waals surface area contributed by atoms with Crippen LogP contribution in [0.15, 0.2) is 28.4 Å². The van der Waals surface area contributed by atoms with Crippen LogP contribution in [0.4, 0.5) is 0 Å². The van der Waals surface area contributed by atoms with Gasteiger partial charge >= 0.3 is 0 Å². The molecule has 1 aliphatic heterocycles. The van der Waals surface area contributed by atoms with Gasteiger partial charge in [-0.3, -0.25) is 4.79 Å². The Morgan fingerprint density at radius 3 is 2.91 bits per heavy atom. The molecule has 1 saturated heterocycles. The second-order valence-electron chi connectivity index (χ2n) is 4.89. The van der Waals surface area contributed by atoms with Crippen molar-refractivity contribution in [1.82, 2.24) is 4.72 Å². The fraction of sp³-hybridized carbons (Fsp3) is 0.429. The van der Waals surface area contributed by atoms with Crippen molar-refractivity contribution in [3.05, 3.63) is 29.7 Å². The molecule has 0 spiro atoms. The lowest BCUT2D eigenvalue weighted by atomic mass is 10.1. The Labute approximate surface area is 128 Å². The summed E-state index contributed by atoms with van der Waals surface area (Å²) in [7, 11) is -3.86. The summed E-state index contributed by atoms with van der Waals surface area (Å²) in [5, 5.41) is 8.97. The number of carbonyl (C=O) groups is 1. The summed E-state index contributed by atoms with van der Waals surface area (Å²) in [4.78, 5) is 11.9. The van der Waals surface area contributed by atoms with E-state index in [0.29, 0.717) is 18.8 Å². The van der Waals surface area contributed by atoms with Crippen LogP contribution >= 0.6 is 0 Å². The summed E-state index contributed by atoms with van der Waals surface area (Å²) in [5.74, 6) is -0.979. The fourth-order valence-electron chi connectivity index (χ4n) is 2.09. The first-order valence-corrected chi connectivity index (χ1v) is 8.47. The van der Waals surface area contributed by atoms with Crippen molar-refractivity contribution in [3.63, 3.8) is 0 Å². The lowest BCUT2D eigenvalue weighted by Crippen LogP contribution is -2.38. The van der Waals surface area contributed by atoms with Crippen LogP contribution in [0, 0.1) is 11.3 Å². The van der Waals surface area contributed by atoms with Gasteiger partial charge < -0.3 is 9.15 Å². The van der Waals surface area contributed by atoms with E-state index in [0.717, 1.165) is 12.8 Å². The van der Waals surface area contributed by atoms with Crippen molar-refractivity contribution in [1.29, 1.82) is 5.26 Å². The molecule has 2 rings (SSSR count). The molecule has 0 radical (unpaired) electrons. The van der Waals surface area contributed by atoms with Gasteiger partial charge in [-0.1, -0.05) is 0 Å². The van der Waals surface area contributed by atoms with Crippen molar-refractivity contribution in [3.8, 4) is 6.07 Å². The Morgan fingerprint density at radius 2 is 2.32 bits per heavy atom. The van der Waals surface area contributed by atoms with Gasteiger partial charge in [0.25, 0.3) is 5.91 Å². The van der Waals surface area contributed by atoms with E-state index >= 15 is 0 Å². The smallest absolute Gasteiger partial charge is 0.275 e. The highest BCUT2D eigenvalue weighted by molar-refractivity contribution is 7.90. The Bertz CT molecular complexity index is 679. The molecule has 2 heterocycles. The number of sulfonamides is 1. The normalized spacial score (nSPS) is 19.4. The maximum absolute atomic E-state index is 12.0. The van der Waals surface area contributed by atoms with Gasteiger partial charge in [-0.15, -0.1) is 0 Å². The minimum Gasteiger partial charge on any atom is -0.465 e. The Kier molecular flexibility index (Phi) is 5.35. The molecule has 1 amide bonds. The highest BCUT2D eigenvalue weighted by atomic mass is 32.2. The standard InChI is InChI=1S/C14H16N2O5S/c15-9-11(8-12-5-3-7-20-12)14(17)16-22(18,19)10-13-4-1-2-6-21-13/h3,5,7-8,13H,1-2,4,6,10H2,(H,16,17). The van der Waals surface area contributed by atoms with Crippen LogP contribution in [-0.4, -0.2) is 32.8 Å². The van der Waals surface area contributed by atoms with E-state index < -0.39 is 22.0 Å². The zero-order valence-corrected chi connectivity index (χ0v) is 12.6. The van der Waals surface area contributed by atoms with Gasteiger partial charge in [0, 0.05) is 12.7 Å². The molecule has 1 aliphatic rings. The first-order chi connectivity index (χ1) is 10.5. The number of nitrogens with one attached hydrogen (secondary N) is 1.